The Bertz CT molecular complexity index is 766. The molecule has 0 bridgehead atoms. The van der Waals surface area contributed by atoms with Crippen molar-refractivity contribution in [3.05, 3.63) is 55.8 Å². The molecule has 0 aliphatic carbocycles. The highest BCUT2D eigenvalue weighted by molar-refractivity contribution is 7.99. The van der Waals surface area contributed by atoms with Gasteiger partial charge in [0.25, 0.3) is 0 Å². The van der Waals surface area contributed by atoms with Gasteiger partial charge in [0.1, 0.15) is 0 Å². The molecule has 0 spiro atoms. The zero-order valence-electron chi connectivity index (χ0n) is 12.7. The second-order valence-electron chi connectivity index (χ2n) is 5.07. The average Bonchev–Trinajstić information content (AvgIpc) is 2.45. The molecular formula is C15H18ClN3O2S. The molecule has 0 fully saturated rings. The van der Waals surface area contributed by atoms with Crippen molar-refractivity contribution in [1.82, 2.24) is 14.1 Å². The van der Waals surface area contributed by atoms with Crippen molar-refractivity contribution in [2.24, 2.45) is 0 Å². The van der Waals surface area contributed by atoms with Gasteiger partial charge in [0.2, 0.25) is 0 Å². The maximum atomic E-state index is 12.6. The van der Waals surface area contributed by atoms with Crippen molar-refractivity contribution in [2.75, 3.05) is 5.75 Å². The van der Waals surface area contributed by atoms with Crippen molar-refractivity contribution in [3.8, 4) is 0 Å². The van der Waals surface area contributed by atoms with Crippen molar-refractivity contribution in [1.29, 1.82) is 0 Å². The minimum atomic E-state index is -0.497. The quantitative estimate of drug-likeness (QED) is 0.786. The van der Waals surface area contributed by atoms with E-state index in [2.05, 4.69) is 4.98 Å². The third-order valence-electron chi connectivity index (χ3n) is 3.11. The van der Waals surface area contributed by atoms with Crippen molar-refractivity contribution in [2.45, 2.75) is 38.5 Å². The molecule has 7 heteroatoms. The van der Waals surface area contributed by atoms with Crippen LogP contribution in [0, 0.1) is 0 Å². The van der Waals surface area contributed by atoms with Crippen LogP contribution in [0.3, 0.4) is 0 Å². The molecular weight excluding hydrogens is 322 g/mol. The first-order chi connectivity index (χ1) is 10.4. The summed E-state index contributed by atoms with van der Waals surface area (Å²) in [4.78, 5) is 28.7. The zero-order valence-corrected chi connectivity index (χ0v) is 14.3. The summed E-state index contributed by atoms with van der Waals surface area (Å²) in [7, 11) is 0. The lowest BCUT2D eigenvalue weighted by Gasteiger charge is -2.15. The van der Waals surface area contributed by atoms with Gasteiger partial charge in [-0.1, -0.05) is 42.4 Å². The lowest BCUT2D eigenvalue weighted by atomic mass is 10.2. The third kappa shape index (κ3) is 3.62. The lowest BCUT2D eigenvalue weighted by molar-refractivity contribution is 0.463. The highest BCUT2D eigenvalue weighted by atomic mass is 35.5. The van der Waals surface area contributed by atoms with Gasteiger partial charge in [0.15, 0.2) is 5.16 Å². The number of thioether (sulfide) groups is 1. The van der Waals surface area contributed by atoms with E-state index in [1.807, 2.05) is 19.1 Å². The molecule has 0 unspecified atom stereocenters. The summed E-state index contributed by atoms with van der Waals surface area (Å²) in [5.74, 6) is 0.734. The molecule has 1 aromatic carbocycles. The molecule has 0 N–H and O–H groups in total. The van der Waals surface area contributed by atoms with Crippen LogP contribution in [0.5, 0.6) is 0 Å². The first-order valence-electron chi connectivity index (χ1n) is 7.04. The predicted molar refractivity (Wildman–Crippen MR) is 90.1 cm³/mol. The summed E-state index contributed by atoms with van der Waals surface area (Å²) >= 11 is 7.27. The highest BCUT2D eigenvalue weighted by Gasteiger charge is 2.15. The van der Waals surface area contributed by atoms with E-state index in [0.29, 0.717) is 16.7 Å². The number of halogens is 1. The van der Waals surface area contributed by atoms with Crippen molar-refractivity contribution in [3.63, 3.8) is 0 Å². The summed E-state index contributed by atoms with van der Waals surface area (Å²) in [5, 5.41) is 1.09. The van der Waals surface area contributed by atoms with Gasteiger partial charge in [-0.15, -0.1) is 0 Å². The molecule has 0 amide bonds. The van der Waals surface area contributed by atoms with Crippen LogP contribution in [0.25, 0.3) is 0 Å². The van der Waals surface area contributed by atoms with Gasteiger partial charge < -0.3 is 0 Å². The normalized spacial score (nSPS) is 11.1. The topological polar surface area (TPSA) is 56.9 Å². The molecule has 0 radical (unpaired) electrons. The van der Waals surface area contributed by atoms with Gasteiger partial charge in [-0.25, -0.2) is 14.2 Å². The first-order valence-corrected chi connectivity index (χ1v) is 8.41. The van der Waals surface area contributed by atoms with Gasteiger partial charge in [-0.05, 0) is 37.3 Å². The number of hydrogen-bond acceptors (Lipinski definition) is 4. The minimum absolute atomic E-state index is 0.232. The minimum Gasteiger partial charge on any atom is -0.268 e. The molecule has 0 aliphatic heterocycles. The Kier molecular flexibility index (Phi) is 5.47. The van der Waals surface area contributed by atoms with Crippen LogP contribution in [0.15, 0.2) is 39.0 Å². The van der Waals surface area contributed by atoms with Gasteiger partial charge >= 0.3 is 11.4 Å². The molecule has 1 heterocycles. The zero-order chi connectivity index (χ0) is 16.3. The second-order valence-corrected chi connectivity index (χ2v) is 6.74. The number of benzene rings is 1. The molecule has 1 aromatic heterocycles. The van der Waals surface area contributed by atoms with Crippen LogP contribution in [-0.4, -0.2) is 19.9 Å². The van der Waals surface area contributed by atoms with Crippen molar-refractivity contribution < 1.29 is 0 Å². The molecule has 0 saturated heterocycles. The Morgan fingerprint density at radius 1 is 1.23 bits per heavy atom. The molecule has 22 heavy (non-hydrogen) atoms. The predicted octanol–water partition coefficient (Wildman–Crippen LogP) is 2.80. The largest absolute Gasteiger partial charge is 0.354 e. The molecule has 0 atom stereocenters. The summed E-state index contributed by atoms with van der Waals surface area (Å²) in [6, 6.07) is 7.05. The maximum absolute atomic E-state index is 12.6. The highest BCUT2D eigenvalue weighted by Crippen LogP contribution is 2.15. The standard InChI is InChI=1S/C15H18ClN3O2S/c1-4-22-14-17-13(20)19(10(2)3)15(21)18(14)9-11-5-7-12(16)8-6-11/h5-8,10H,4,9H2,1-3H3. The lowest BCUT2D eigenvalue weighted by Crippen LogP contribution is -2.43. The van der Waals surface area contributed by atoms with Crippen LogP contribution in [0.2, 0.25) is 5.02 Å². The first kappa shape index (κ1) is 16.8. The van der Waals surface area contributed by atoms with Gasteiger partial charge in [0, 0.05) is 11.1 Å². The summed E-state index contributed by atoms with van der Waals surface area (Å²) in [6.45, 7) is 5.91. The Hall–Kier alpha value is -1.53. The number of aromatic nitrogens is 3. The fourth-order valence-corrected chi connectivity index (χ4v) is 2.90. The smallest absolute Gasteiger partial charge is 0.268 e. The van der Waals surface area contributed by atoms with E-state index in [0.717, 1.165) is 11.3 Å². The number of hydrogen-bond donors (Lipinski definition) is 0. The fraction of sp³-hybridized carbons (Fsp3) is 0.400. The molecule has 118 valence electrons. The van der Waals surface area contributed by atoms with E-state index in [9.17, 15) is 9.59 Å². The maximum Gasteiger partial charge on any atom is 0.354 e. The van der Waals surface area contributed by atoms with E-state index < -0.39 is 5.69 Å². The second kappa shape index (κ2) is 7.15. The van der Waals surface area contributed by atoms with Crippen LogP contribution in [-0.2, 0) is 6.54 Å². The van der Waals surface area contributed by atoms with Gasteiger partial charge in [-0.2, -0.15) is 4.98 Å². The van der Waals surface area contributed by atoms with E-state index in [1.54, 1.807) is 30.5 Å². The Morgan fingerprint density at radius 2 is 1.86 bits per heavy atom. The van der Waals surface area contributed by atoms with E-state index in [4.69, 9.17) is 11.6 Å². The molecule has 2 rings (SSSR count). The average molecular weight is 340 g/mol. The fourth-order valence-electron chi connectivity index (χ4n) is 2.08. The molecule has 0 saturated carbocycles. The van der Waals surface area contributed by atoms with Crippen LogP contribution in [0.4, 0.5) is 0 Å². The summed E-state index contributed by atoms with van der Waals surface area (Å²) in [6.07, 6.45) is 0. The number of rotatable bonds is 5. The third-order valence-corrected chi connectivity index (χ3v) is 4.22. The SMILES string of the molecule is CCSc1nc(=O)n(C(C)C)c(=O)n1Cc1ccc(Cl)cc1. The van der Waals surface area contributed by atoms with Gasteiger partial charge in [0.05, 0.1) is 6.54 Å². The summed E-state index contributed by atoms with van der Waals surface area (Å²) in [5.41, 5.74) is 0.101. The Balaban J connectivity index is 2.56. The Morgan fingerprint density at radius 3 is 2.41 bits per heavy atom. The van der Waals surface area contributed by atoms with Crippen LogP contribution < -0.4 is 11.4 Å². The van der Waals surface area contributed by atoms with Crippen molar-refractivity contribution >= 4 is 23.4 Å². The molecule has 0 aliphatic rings. The van der Waals surface area contributed by atoms with E-state index in [1.165, 1.54) is 16.3 Å². The molecule has 5 nitrogen and oxygen atoms in total. The summed E-state index contributed by atoms with van der Waals surface area (Å²) < 4.78 is 2.72. The Labute approximate surface area is 138 Å². The van der Waals surface area contributed by atoms with E-state index in [-0.39, 0.29) is 11.7 Å². The monoisotopic (exact) mass is 339 g/mol. The van der Waals surface area contributed by atoms with Crippen LogP contribution in [0.1, 0.15) is 32.4 Å². The van der Waals surface area contributed by atoms with Gasteiger partial charge in [-0.3, -0.25) is 4.57 Å². The van der Waals surface area contributed by atoms with E-state index >= 15 is 0 Å². The van der Waals surface area contributed by atoms with Crippen LogP contribution >= 0.6 is 23.4 Å². The molecule has 2 aromatic rings. The number of nitrogens with zero attached hydrogens (tertiary/aromatic N) is 3.